The summed E-state index contributed by atoms with van der Waals surface area (Å²) < 4.78 is 13.8. The van der Waals surface area contributed by atoms with Gasteiger partial charge in [0.1, 0.15) is 5.82 Å². The van der Waals surface area contributed by atoms with E-state index in [0.29, 0.717) is 23.7 Å². The Kier molecular flexibility index (Phi) is 4.69. The molecule has 5 nitrogen and oxygen atoms in total. The van der Waals surface area contributed by atoms with Gasteiger partial charge < -0.3 is 4.90 Å². The number of halogens is 1. The Hall–Kier alpha value is -1.50. The summed E-state index contributed by atoms with van der Waals surface area (Å²) in [6.45, 7) is 2.37. The molecule has 1 amide bonds. The minimum atomic E-state index is -0.404. The highest BCUT2D eigenvalue weighted by Crippen LogP contribution is 2.19. The highest BCUT2D eigenvalue weighted by molar-refractivity contribution is 5.93. The van der Waals surface area contributed by atoms with Crippen molar-refractivity contribution in [3.63, 3.8) is 0 Å². The van der Waals surface area contributed by atoms with Crippen molar-refractivity contribution in [1.82, 2.24) is 15.2 Å². The van der Waals surface area contributed by atoms with Crippen molar-refractivity contribution in [3.8, 4) is 0 Å². The summed E-state index contributed by atoms with van der Waals surface area (Å²) in [6.07, 6.45) is 1.08. The first kappa shape index (κ1) is 14.9. The molecule has 0 spiro atoms. The van der Waals surface area contributed by atoms with Crippen molar-refractivity contribution >= 4 is 5.91 Å². The van der Waals surface area contributed by atoms with Crippen LogP contribution in [0.2, 0.25) is 0 Å². The number of amides is 1. The highest BCUT2D eigenvalue weighted by Gasteiger charge is 2.24. The van der Waals surface area contributed by atoms with Gasteiger partial charge in [0.2, 0.25) is 0 Å². The number of carbonyl (C=O) groups is 1. The van der Waals surface area contributed by atoms with E-state index in [1.54, 1.807) is 6.07 Å². The lowest BCUT2D eigenvalue weighted by atomic mass is 10.1. The molecule has 1 aromatic carbocycles. The molecule has 0 radical (unpaired) electrons. The number of likely N-dealkylation sites (tertiary alicyclic amines) is 1. The highest BCUT2D eigenvalue weighted by atomic mass is 19.1. The predicted octanol–water partition coefficient (Wildman–Crippen LogP) is 0.565. The van der Waals surface area contributed by atoms with Crippen LogP contribution in [0.15, 0.2) is 18.2 Å². The fourth-order valence-electron chi connectivity index (χ4n) is 2.54. The topological polar surface area (TPSA) is 61.6 Å². The van der Waals surface area contributed by atoms with Crippen molar-refractivity contribution in [2.24, 2.45) is 5.84 Å². The van der Waals surface area contributed by atoms with E-state index in [-0.39, 0.29) is 5.82 Å². The van der Waals surface area contributed by atoms with Gasteiger partial charge >= 0.3 is 0 Å². The lowest BCUT2D eigenvalue weighted by molar-refractivity contribution is 0.0953. The zero-order valence-corrected chi connectivity index (χ0v) is 11.9. The normalized spacial score (nSPS) is 19.6. The number of rotatable bonds is 4. The van der Waals surface area contributed by atoms with Crippen molar-refractivity contribution in [1.29, 1.82) is 0 Å². The number of likely N-dealkylation sites (N-methyl/N-ethyl adjacent to an activating group) is 1. The lowest BCUT2D eigenvalue weighted by Gasteiger charge is -2.20. The predicted molar refractivity (Wildman–Crippen MR) is 75.4 cm³/mol. The molecule has 1 unspecified atom stereocenters. The summed E-state index contributed by atoms with van der Waals surface area (Å²) in [5.41, 5.74) is 2.98. The van der Waals surface area contributed by atoms with E-state index in [4.69, 9.17) is 5.84 Å². The van der Waals surface area contributed by atoms with Gasteiger partial charge in [0.05, 0.1) is 0 Å². The van der Waals surface area contributed by atoms with Crippen LogP contribution in [0.1, 0.15) is 22.3 Å². The Morgan fingerprint density at radius 3 is 2.90 bits per heavy atom. The second-order valence-electron chi connectivity index (χ2n) is 5.42. The third-order valence-electron chi connectivity index (χ3n) is 3.81. The molecular formula is C14H21FN4O. The molecule has 110 valence electrons. The summed E-state index contributed by atoms with van der Waals surface area (Å²) >= 11 is 0. The van der Waals surface area contributed by atoms with Crippen LogP contribution in [-0.2, 0) is 6.54 Å². The number of nitrogens with two attached hydrogens (primary N) is 1. The minimum Gasteiger partial charge on any atom is -0.305 e. The Balaban J connectivity index is 2.08. The largest absolute Gasteiger partial charge is 0.305 e. The number of nitrogen functional groups attached to an aromatic ring is 1. The number of hydrogen-bond acceptors (Lipinski definition) is 4. The zero-order chi connectivity index (χ0) is 14.7. The van der Waals surface area contributed by atoms with Gasteiger partial charge in [-0.2, -0.15) is 0 Å². The molecule has 1 fully saturated rings. The van der Waals surface area contributed by atoms with Crippen molar-refractivity contribution < 1.29 is 9.18 Å². The Morgan fingerprint density at radius 2 is 2.30 bits per heavy atom. The smallest absolute Gasteiger partial charge is 0.265 e. The first-order chi connectivity index (χ1) is 9.51. The van der Waals surface area contributed by atoms with Crippen LogP contribution in [-0.4, -0.2) is 48.9 Å². The van der Waals surface area contributed by atoms with Crippen molar-refractivity contribution in [2.75, 3.05) is 27.2 Å². The molecule has 1 aromatic rings. The number of hydrogen-bond donors (Lipinski definition) is 2. The number of carbonyl (C=O) groups excluding carboxylic acids is 1. The van der Waals surface area contributed by atoms with Gasteiger partial charge in [0.25, 0.3) is 5.91 Å². The van der Waals surface area contributed by atoms with Gasteiger partial charge in [-0.15, -0.1) is 0 Å². The van der Waals surface area contributed by atoms with E-state index in [9.17, 15) is 9.18 Å². The molecule has 1 heterocycles. The van der Waals surface area contributed by atoms with Gasteiger partial charge in [-0.3, -0.25) is 15.1 Å². The minimum absolute atomic E-state index is 0.285. The van der Waals surface area contributed by atoms with Crippen molar-refractivity contribution in [3.05, 3.63) is 35.1 Å². The fourth-order valence-corrected chi connectivity index (χ4v) is 2.54. The van der Waals surface area contributed by atoms with Crippen LogP contribution in [0.4, 0.5) is 4.39 Å². The molecule has 2 rings (SSSR count). The molecule has 1 aliphatic heterocycles. The molecule has 0 saturated carbocycles. The Morgan fingerprint density at radius 1 is 1.55 bits per heavy atom. The Bertz CT molecular complexity index is 492. The van der Waals surface area contributed by atoms with Crippen LogP contribution in [0.5, 0.6) is 0 Å². The SMILES string of the molecule is CN(C)C1CCN(Cc2cc(C(=O)NN)ccc2F)C1. The molecule has 3 N–H and O–H groups in total. The van der Waals surface area contributed by atoms with Gasteiger partial charge in [0, 0.05) is 36.8 Å². The molecule has 1 saturated heterocycles. The summed E-state index contributed by atoms with van der Waals surface area (Å²) in [4.78, 5) is 15.9. The van der Waals surface area contributed by atoms with E-state index in [0.717, 1.165) is 19.5 Å². The van der Waals surface area contributed by atoms with E-state index < -0.39 is 5.91 Å². The summed E-state index contributed by atoms with van der Waals surface area (Å²) in [5.74, 6) is 4.41. The number of hydrazine groups is 1. The average Bonchev–Trinajstić information content (AvgIpc) is 2.89. The van der Waals surface area contributed by atoms with Crippen molar-refractivity contribution in [2.45, 2.75) is 19.0 Å². The number of benzene rings is 1. The molecule has 6 heteroatoms. The van der Waals surface area contributed by atoms with Crippen LogP contribution in [0.3, 0.4) is 0 Å². The lowest BCUT2D eigenvalue weighted by Crippen LogP contribution is -2.32. The van der Waals surface area contributed by atoms with Crippen LogP contribution in [0.25, 0.3) is 0 Å². The standard InChI is InChI=1S/C14H21FN4O/c1-18(2)12-5-6-19(9-12)8-11-7-10(14(20)17-16)3-4-13(11)15/h3-4,7,12H,5-6,8-9,16H2,1-2H3,(H,17,20). The average molecular weight is 280 g/mol. The van der Waals surface area contributed by atoms with Gasteiger partial charge in [-0.1, -0.05) is 0 Å². The maximum absolute atomic E-state index is 13.8. The van der Waals surface area contributed by atoms with Gasteiger partial charge in [-0.25, -0.2) is 10.2 Å². The molecular weight excluding hydrogens is 259 g/mol. The van der Waals surface area contributed by atoms with E-state index in [1.165, 1.54) is 12.1 Å². The molecule has 1 atom stereocenters. The van der Waals surface area contributed by atoms with Crippen LogP contribution >= 0.6 is 0 Å². The molecule has 1 aliphatic rings. The maximum atomic E-state index is 13.8. The van der Waals surface area contributed by atoms with Crippen LogP contribution in [0, 0.1) is 5.82 Å². The van der Waals surface area contributed by atoms with Gasteiger partial charge in [-0.05, 0) is 38.7 Å². The van der Waals surface area contributed by atoms with E-state index >= 15 is 0 Å². The summed E-state index contributed by atoms with van der Waals surface area (Å²) in [5, 5.41) is 0. The van der Waals surface area contributed by atoms with Gasteiger partial charge in [0.15, 0.2) is 0 Å². The Labute approximate surface area is 118 Å². The monoisotopic (exact) mass is 280 g/mol. The maximum Gasteiger partial charge on any atom is 0.265 e. The summed E-state index contributed by atoms with van der Waals surface area (Å²) in [7, 11) is 4.11. The first-order valence-corrected chi connectivity index (χ1v) is 6.69. The number of nitrogens with one attached hydrogen (secondary N) is 1. The molecule has 0 bridgehead atoms. The fraction of sp³-hybridized carbons (Fsp3) is 0.500. The third-order valence-corrected chi connectivity index (χ3v) is 3.81. The number of nitrogens with zero attached hydrogens (tertiary/aromatic N) is 2. The zero-order valence-electron chi connectivity index (χ0n) is 11.9. The quantitative estimate of drug-likeness (QED) is 0.481. The first-order valence-electron chi connectivity index (χ1n) is 6.69. The molecule has 0 aliphatic carbocycles. The second kappa shape index (κ2) is 6.30. The van der Waals surface area contributed by atoms with E-state index in [1.807, 2.05) is 0 Å². The molecule has 0 aromatic heterocycles. The summed E-state index contributed by atoms with van der Waals surface area (Å²) in [6, 6.07) is 4.83. The second-order valence-corrected chi connectivity index (χ2v) is 5.42. The molecule has 20 heavy (non-hydrogen) atoms. The van der Waals surface area contributed by atoms with Crippen LogP contribution < -0.4 is 11.3 Å². The third kappa shape index (κ3) is 3.33. The van der Waals surface area contributed by atoms with E-state index in [2.05, 4.69) is 29.3 Å².